The monoisotopic (exact) mass is 322 g/mol. The molecule has 2 amide bonds. The van der Waals surface area contributed by atoms with Crippen molar-refractivity contribution in [3.8, 4) is 0 Å². The minimum absolute atomic E-state index is 0.188. The van der Waals surface area contributed by atoms with Crippen LogP contribution in [0.1, 0.15) is 50.2 Å². The maximum Gasteiger partial charge on any atom is 0.315 e. The van der Waals surface area contributed by atoms with Crippen LogP contribution in [0.2, 0.25) is 0 Å². The molecule has 1 aromatic carbocycles. The highest BCUT2D eigenvalue weighted by molar-refractivity contribution is 7.85. The van der Waals surface area contributed by atoms with E-state index in [4.69, 9.17) is 0 Å². The minimum atomic E-state index is -0.889. The number of urea groups is 1. The van der Waals surface area contributed by atoms with Crippen LogP contribution in [0.5, 0.6) is 0 Å². The molecule has 0 radical (unpaired) electrons. The lowest BCUT2D eigenvalue weighted by molar-refractivity contribution is 0.235. The van der Waals surface area contributed by atoms with Crippen molar-refractivity contribution in [2.75, 3.05) is 12.8 Å². The number of benzene rings is 1. The molecular formula is C17H26N2O2S. The summed E-state index contributed by atoms with van der Waals surface area (Å²) in [5, 5.41) is 5.75. The van der Waals surface area contributed by atoms with Gasteiger partial charge in [0.25, 0.3) is 0 Å². The maximum atomic E-state index is 11.9. The summed E-state index contributed by atoms with van der Waals surface area (Å²) in [6.45, 7) is 5.31. The van der Waals surface area contributed by atoms with Gasteiger partial charge in [0.15, 0.2) is 0 Å². The first-order valence-corrected chi connectivity index (χ1v) is 9.43. The van der Waals surface area contributed by atoms with Crippen molar-refractivity contribution < 1.29 is 9.00 Å². The van der Waals surface area contributed by atoms with E-state index in [-0.39, 0.29) is 10.8 Å². The van der Waals surface area contributed by atoms with Crippen LogP contribution >= 0.6 is 0 Å². The summed E-state index contributed by atoms with van der Waals surface area (Å²) >= 11 is 0. The van der Waals surface area contributed by atoms with Crippen molar-refractivity contribution in [3.63, 3.8) is 0 Å². The summed E-state index contributed by atoms with van der Waals surface area (Å²) in [6.07, 6.45) is 4.71. The Kier molecular flexibility index (Phi) is 5.62. The SMILES string of the molecule is CC(C)c1cccc(CNC(=O)NCC2([S@@](C)=O)CCC2)c1. The molecule has 2 rings (SSSR count). The van der Waals surface area contributed by atoms with Crippen LogP contribution in [0.15, 0.2) is 24.3 Å². The lowest BCUT2D eigenvalue weighted by Crippen LogP contribution is -2.52. The number of hydrogen-bond donors (Lipinski definition) is 2. The summed E-state index contributed by atoms with van der Waals surface area (Å²) in [5.41, 5.74) is 2.37. The molecule has 2 N–H and O–H groups in total. The van der Waals surface area contributed by atoms with Gasteiger partial charge in [0.05, 0.1) is 4.75 Å². The van der Waals surface area contributed by atoms with Gasteiger partial charge in [-0.3, -0.25) is 4.21 Å². The highest BCUT2D eigenvalue weighted by Gasteiger charge is 2.40. The Morgan fingerprint density at radius 3 is 2.59 bits per heavy atom. The number of carbonyl (C=O) groups excluding carboxylic acids is 1. The van der Waals surface area contributed by atoms with E-state index in [0.717, 1.165) is 24.8 Å². The molecular weight excluding hydrogens is 296 g/mol. The third-order valence-corrected chi connectivity index (χ3v) is 6.29. The first-order valence-electron chi connectivity index (χ1n) is 7.87. The van der Waals surface area contributed by atoms with Crippen molar-refractivity contribution >= 4 is 16.8 Å². The molecule has 1 aliphatic rings. The van der Waals surface area contributed by atoms with Gasteiger partial charge in [-0.2, -0.15) is 0 Å². The Balaban J connectivity index is 1.80. The fourth-order valence-corrected chi connectivity index (χ4v) is 3.82. The summed E-state index contributed by atoms with van der Waals surface area (Å²) in [6, 6.07) is 8.07. The highest BCUT2D eigenvalue weighted by Crippen LogP contribution is 2.36. The first-order chi connectivity index (χ1) is 10.4. The Morgan fingerprint density at radius 2 is 2.05 bits per heavy atom. The molecule has 1 aliphatic carbocycles. The summed E-state index contributed by atoms with van der Waals surface area (Å²) < 4.78 is 11.6. The molecule has 0 saturated heterocycles. The van der Waals surface area contributed by atoms with Crippen LogP contribution in [-0.2, 0) is 17.3 Å². The van der Waals surface area contributed by atoms with Crippen molar-refractivity contribution in [1.29, 1.82) is 0 Å². The molecule has 1 saturated carbocycles. The van der Waals surface area contributed by atoms with Gasteiger partial charge in [0.2, 0.25) is 0 Å². The summed E-state index contributed by atoms with van der Waals surface area (Å²) in [4.78, 5) is 11.9. The molecule has 122 valence electrons. The molecule has 5 heteroatoms. The van der Waals surface area contributed by atoms with Crippen molar-refractivity contribution in [2.24, 2.45) is 0 Å². The molecule has 1 aromatic rings. The van der Waals surface area contributed by atoms with Gasteiger partial charge >= 0.3 is 6.03 Å². The normalized spacial score (nSPS) is 17.6. The smallest absolute Gasteiger partial charge is 0.315 e. The van der Waals surface area contributed by atoms with Crippen molar-refractivity contribution in [1.82, 2.24) is 10.6 Å². The number of rotatable bonds is 6. The summed E-state index contributed by atoms with van der Waals surface area (Å²) in [5.74, 6) is 0.479. The number of amides is 2. The molecule has 0 unspecified atom stereocenters. The molecule has 1 fully saturated rings. The largest absolute Gasteiger partial charge is 0.337 e. The zero-order valence-corrected chi connectivity index (χ0v) is 14.5. The van der Waals surface area contributed by atoms with Gasteiger partial charge in [-0.25, -0.2) is 4.79 Å². The van der Waals surface area contributed by atoms with Gasteiger partial charge in [-0.1, -0.05) is 44.5 Å². The number of hydrogen-bond acceptors (Lipinski definition) is 2. The molecule has 4 nitrogen and oxygen atoms in total. The third kappa shape index (κ3) is 4.09. The minimum Gasteiger partial charge on any atom is -0.337 e. The van der Waals surface area contributed by atoms with Crippen LogP contribution in [0.3, 0.4) is 0 Å². The second kappa shape index (κ2) is 7.27. The molecule has 0 aromatic heterocycles. The summed E-state index contributed by atoms with van der Waals surface area (Å²) in [7, 11) is -0.889. The third-order valence-electron chi connectivity index (χ3n) is 4.52. The Hall–Kier alpha value is -1.36. The van der Waals surface area contributed by atoms with Crippen LogP contribution in [0.25, 0.3) is 0 Å². The van der Waals surface area contributed by atoms with Gasteiger partial charge in [0.1, 0.15) is 0 Å². The Morgan fingerprint density at radius 1 is 1.32 bits per heavy atom. The zero-order chi connectivity index (χ0) is 16.2. The molecule has 0 bridgehead atoms. The lowest BCUT2D eigenvalue weighted by atomic mass is 9.84. The van der Waals surface area contributed by atoms with E-state index in [0.29, 0.717) is 19.0 Å². The van der Waals surface area contributed by atoms with E-state index >= 15 is 0 Å². The van der Waals surface area contributed by atoms with E-state index in [1.807, 2.05) is 12.1 Å². The van der Waals surface area contributed by atoms with E-state index in [1.165, 1.54) is 5.56 Å². The van der Waals surface area contributed by atoms with Gasteiger partial charge < -0.3 is 10.6 Å². The predicted molar refractivity (Wildman–Crippen MR) is 91.4 cm³/mol. The molecule has 0 spiro atoms. The second-order valence-electron chi connectivity index (χ2n) is 6.43. The average Bonchev–Trinajstić information content (AvgIpc) is 2.44. The Labute approximate surface area is 135 Å². The zero-order valence-electron chi connectivity index (χ0n) is 13.6. The molecule has 1 atom stereocenters. The quantitative estimate of drug-likeness (QED) is 0.846. The predicted octanol–water partition coefficient (Wildman–Crippen LogP) is 2.91. The molecule has 0 heterocycles. The standard InChI is InChI=1S/C17H26N2O2S/c1-13(2)15-7-4-6-14(10-15)11-18-16(20)19-12-17(22(3)21)8-5-9-17/h4,6-7,10,13H,5,8-9,11-12H2,1-3H3,(H2,18,19,20)/t22-/m1/s1. The molecule has 22 heavy (non-hydrogen) atoms. The van der Waals surface area contributed by atoms with Crippen molar-refractivity contribution in [3.05, 3.63) is 35.4 Å². The molecule has 0 aliphatic heterocycles. The fraction of sp³-hybridized carbons (Fsp3) is 0.588. The maximum absolute atomic E-state index is 11.9. The van der Waals surface area contributed by atoms with Gasteiger partial charge in [-0.15, -0.1) is 0 Å². The first kappa shape index (κ1) is 17.0. The van der Waals surface area contributed by atoms with Gasteiger partial charge in [0, 0.05) is 30.1 Å². The van der Waals surface area contributed by atoms with Gasteiger partial charge in [-0.05, 0) is 29.9 Å². The van der Waals surface area contributed by atoms with Crippen LogP contribution in [0, 0.1) is 0 Å². The number of carbonyl (C=O) groups is 1. The topological polar surface area (TPSA) is 58.2 Å². The Bertz CT molecular complexity index is 553. The van der Waals surface area contributed by atoms with Crippen LogP contribution in [0.4, 0.5) is 4.79 Å². The highest BCUT2D eigenvalue weighted by atomic mass is 32.2. The average molecular weight is 322 g/mol. The van der Waals surface area contributed by atoms with Crippen LogP contribution in [-0.4, -0.2) is 27.8 Å². The van der Waals surface area contributed by atoms with E-state index in [1.54, 1.807) is 6.26 Å². The number of nitrogens with one attached hydrogen (secondary N) is 2. The van der Waals surface area contributed by atoms with E-state index in [2.05, 4.69) is 36.6 Å². The van der Waals surface area contributed by atoms with E-state index < -0.39 is 10.8 Å². The lowest BCUT2D eigenvalue weighted by Gasteiger charge is -2.39. The van der Waals surface area contributed by atoms with Crippen molar-refractivity contribution in [2.45, 2.75) is 50.3 Å². The van der Waals surface area contributed by atoms with E-state index in [9.17, 15) is 9.00 Å². The second-order valence-corrected chi connectivity index (χ2v) is 8.20. The fourth-order valence-electron chi connectivity index (χ4n) is 2.69. The van der Waals surface area contributed by atoms with Crippen LogP contribution < -0.4 is 10.6 Å².